The van der Waals surface area contributed by atoms with Crippen LogP contribution in [0.3, 0.4) is 0 Å². The van der Waals surface area contributed by atoms with Gasteiger partial charge in [-0.25, -0.2) is 0 Å². The average molecular weight is 347 g/mol. The molecular formula is C19H34N6. The van der Waals surface area contributed by atoms with Crippen molar-refractivity contribution in [2.75, 3.05) is 16.4 Å². The maximum absolute atomic E-state index is 5.79. The highest BCUT2D eigenvalue weighted by atomic mass is 15.3. The van der Waals surface area contributed by atoms with Crippen LogP contribution in [-0.2, 0) is 0 Å². The first-order chi connectivity index (χ1) is 11.7. The van der Waals surface area contributed by atoms with Crippen LogP contribution in [0.25, 0.3) is 0 Å². The summed E-state index contributed by atoms with van der Waals surface area (Å²) in [6, 6.07) is 0.553. The van der Waals surface area contributed by atoms with Gasteiger partial charge in [0.1, 0.15) is 0 Å². The van der Waals surface area contributed by atoms with Crippen LogP contribution in [0, 0.1) is 0 Å². The predicted molar refractivity (Wildman–Crippen MR) is 107 cm³/mol. The molecule has 0 aliphatic carbocycles. The molecule has 0 aliphatic heterocycles. The Morgan fingerprint density at radius 2 is 1.24 bits per heavy atom. The van der Waals surface area contributed by atoms with Crippen LogP contribution < -0.4 is 16.4 Å². The van der Waals surface area contributed by atoms with Gasteiger partial charge in [0, 0.05) is 12.1 Å². The molecule has 140 valence electrons. The highest BCUT2D eigenvalue weighted by Crippen LogP contribution is 2.22. The molecule has 0 radical (unpaired) electrons. The summed E-state index contributed by atoms with van der Waals surface area (Å²) < 4.78 is 0. The summed E-state index contributed by atoms with van der Waals surface area (Å²) in [6.07, 6.45) is 8.61. The van der Waals surface area contributed by atoms with E-state index in [1.165, 1.54) is 11.1 Å². The molecule has 25 heavy (non-hydrogen) atoms. The number of nitrogen functional groups attached to an aromatic ring is 2. The van der Waals surface area contributed by atoms with E-state index >= 15 is 0 Å². The molecule has 2 atom stereocenters. The number of nitrogens with two attached hydrogens (primary N) is 2. The van der Waals surface area contributed by atoms with E-state index in [2.05, 4.69) is 73.5 Å². The molecule has 1 aromatic heterocycles. The minimum absolute atomic E-state index is 0.167. The van der Waals surface area contributed by atoms with E-state index in [1.54, 1.807) is 0 Å². The minimum Gasteiger partial charge on any atom is -0.368 e. The van der Waals surface area contributed by atoms with Crippen LogP contribution in [0.2, 0.25) is 0 Å². The molecular weight excluding hydrogens is 312 g/mol. The van der Waals surface area contributed by atoms with Gasteiger partial charge in [0.05, 0.1) is 0 Å². The monoisotopic (exact) mass is 346 g/mol. The Morgan fingerprint density at radius 1 is 0.840 bits per heavy atom. The smallest absolute Gasteiger partial charge is 0.232 e. The summed E-state index contributed by atoms with van der Waals surface area (Å²) in [5, 5.41) is 0. The van der Waals surface area contributed by atoms with Crippen molar-refractivity contribution in [1.29, 1.82) is 0 Å². The van der Waals surface area contributed by atoms with Crippen molar-refractivity contribution < 1.29 is 0 Å². The number of anilines is 3. The molecule has 0 aliphatic rings. The van der Waals surface area contributed by atoms with E-state index in [1.807, 2.05) is 0 Å². The van der Waals surface area contributed by atoms with Gasteiger partial charge in [-0.2, -0.15) is 15.0 Å². The lowest BCUT2D eigenvalue weighted by Crippen LogP contribution is -2.42. The van der Waals surface area contributed by atoms with E-state index in [9.17, 15) is 0 Å². The SMILES string of the molecule is CC(C)=CCCC(C)N(c1nc(N)nc(N)n1)C(C)CCC=C(C)C. The van der Waals surface area contributed by atoms with E-state index < -0.39 is 0 Å². The Kier molecular flexibility index (Phi) is 8.38. The van der Waals surface area contributed by atoms with E-state index in [0.29, 0.717) is 5.95 Å². The summed E-state index contributed by atoms with van der Waals surface area (Å²) in [5.41, 5.74) is 14.3. The largest absolute Gasteiger partial charge is 0.368 e. The van der Waals surface area contributed by atoms with Gasteiger partial charge in [0.25, 0.3) is 0 Å². The predicted octanol–water partition coefficient (Wildman–Crippen LogP) is 4.11. The molecule has 1 rings (SSSR count). The van der Waals surface area contributed by atoms with Crippen molar-refractivity contribution >= 4 is 17.8 Å². The Balaban J connectivity index is 2.99. The van der Waals surface area contributed by atoms with Gasteiger partial charge in [0.15, 0.2) is 0 Å². The number of hydrogen-bond donors (Lipinski definition) is 2. The Hall–Kier alpha value is -2.11. The highest BCUT2D eigenvalue weighted by molar-refractivity contribution is 5.41. The second-order valence-electron chi connectivity index (χ2n) is 7.17. The lowest BCUT2D eigenvalue weighted by atomic mass is 10.0. The van der Waals surface area contributed by atoms with Crippen molar-refractivity contribution in [2.24, 2.45) is 0 Å². The quantitative estimate of drug-likeness (QED) is 0.653. The Morgan fingerprint density at radius 3 is 1.60 bits per heavy atom. The summed E-state index contributed by atoms with van der Waals surface area (Å²) in [7, 11) is 0. The molecule has 1 aromatic rings. The second-order valence-corrected chi connectivity index (χ2v) is 7.17. The number of hydrogen-bond acceptors (Lipinski definition) is 6. The lowest BCUT2D eigenvalue weighted by Gasteiger charge is -2.35. The third-order valence-corrected chi connectivity index (χ3v) is 4.11. The van der Waals surface area contributed by atoms with Crippen molar-refractivity contribution in [3.05, 3.63) is 23.3 Å². The second kappa shape index (κ2) is 10.0. The normalized spacial score (nSPS) is 13.0. The molecule has 0 saturated carbocycles. The van der Waals surface area contributed by atoms with Gasteiger partial charge in [0.2, 0.25) is 17.8 Å². The van der Waals surface area contributed by atoms with Crippen LogP contribution in [0.15, 0.2) is 23.3 Å². The van der Waals surface area contributed by atoms with E-state index in [0.717, 1.165) is 25.7 Å². The van der Waals surface area contributed by atoms with E-state index in [4.69, 9.17) is 11.5 Å². The molecule has 0 fully saturated rings. The lowest BCUT2D eigenvalue weighted by molar-refractivity contribution is 0.495. The first kappa shape index (κ1) is 20.9. The zero-order valence-corrected chi connectivity index (χ0v) is 16.6. The average Bonchev–Trinajstić information content (AvgIpc) is 2.45. The van der Waals surface area contributed by atoms with E-state index in [-0.39, 0.29) is 24.0 Å². The molecule has 0 amide bonds. The standard InChI is InChI=1S/C19H34N6/c1-13(2)9-7-11-15(5)25(16(6)12-8-10-14(3)4)19-23-17(20)22-18(21)24-19/h9-10,15-16H,7-8,11-12H2,1-6H3,(H4,20,21,22,23,24). The van der Waals surface area contributed by atoms with Crippen LogP contribution in [-0.4, -0.2) is 27.0 Å². The molecule has 0 bridgehead atoms. The number of nitrogens with zero attached hydrogens (tertiary/aromatic N) is 4. The van der Waals surface area contributed by atoms with Gasteiger partial charge in [-0.3, -0.25) is 0 Å². The van der Waals surface area contributed by atoms with Crippen LogP contribution in [0.1, 0.15) is 67.2 Å². The molecule has 0 saturated heterocycles. The van der Waals surface area contributed by atoms with Gasteiger partial charge in [-0.15, -0.1) is 0 Å². The maximum Gasteiger partial charge on any atom is 0.232 e. The van der Waals surface area contributed by atoms with Crippen LogP contribution in [0.4, 0.5) is 17.8 Å². The third kappa shape index (κ3) is 7.54. The first-order valence-electron chi connectivity index (χ1n) is 9.02. The number of rotatable bonds is 9. The molecule has 1 heterocycles. The number of allylic oxidation sites excluding steroid dienone is 4. The van der Waals surface area contributed by atoms with Crippen molar-refractivity contribution in [1.82, 2.24) is 15.0 Å². The molecule has 0 spiro atoms. The molecule has 6 nitrogen and oxygen atoms in total. The zero-order valence-electron chi connectivity index (χ0n) is 16.6. The van der Waals surface area contributed by atoms with Crippen molar-refractivity contribution in [2.45, 2.75) is 79.3 Å². The van der Waals surface area contributed by atoms with Crippen molar-refractivity contribution in [3.8, 4) is 0 Å². The van der Waals surface area contributed by atoms with Crippen LogP contribution in [0.5, 0.6) is 0 Å². The molecule has 2 unspecified atom stereocenters. The Bertz CT molecular complexity index is 552. The summed E-state index contributed by atoms with van der Waals surface area (Å²) in [4.78, 5) is 14.8. The Labute approximate surface area is 152 Å². The fourth-order valence-electron chi connectivity index (χ4n) is 2.85. The van der Waals surface area contributed by atoms with Gasteiger partial charge < -0.3 is 16.4 Å². The van der Waals surface area contributed by atoms with Gasteiger partial charge in [-0.1, -0.05) is 23.3 Å². The molecule has 4 N–H and O–H groups in total. The van der Waals surface area contributed by atoms with Gasteiger partial charge >= 0.3 is 0 Å². The third-order valence-electron chi connectivity index (χ3n) is 4.11. The fraction of sp³-hybridized carbons (Fsp3) is 0.632. The van der Waals surface area contributed by atoms with Gasteiger partial charge in [-0.05, 0) is 67.2 Å². The highest BCUT2D eigenvalue weighted by Gasteiger charge is 2.23. The summed E-state index contributed by atoms with van der Waals surface area (Å²) in [6.45, 7) is 12.9. The maximum atomic E-state index is 5.79. The topological polar surface area (TPSA) is 94.0 Å². The van der Waals surface area contributed by atoms with Crippen molar-refractivity contribution in [3.63, 3.8) is 0 Å². The minimum atomic E-state index is 0.167. The van der Waals surface area contributed by atoms with Crippen LogP contribution >= 0.6 is 0 Å². The summed E-state index contributed by atoms with van der Waals surface area (Å²) >= 11 is 0. The summed E-state index contributed by atoms with van der Waals surface area (Å²) in [5.74, 6) is 0.903. The molecule has 0 aromatic carbocycles. The fourth-order valence-corrected chi connectivity index (χ4v) is 2.85. The zero-order chi connectivity index (χ0) is 19.0. The number of aromatic nitrogens is 3. The molecule has 6 heteroatoms. The first-order valence-corrected chi connectivity index (χ1v) is 9.02.